The lowest BCUT2D eigenvalue weighted by molar-refractivity contribution is 0.566. The van der Waals surface area contributed by atoms with Gasteiger partial charge >= 0.3 is 0 Å². The van der Waals surface area contributed by atoms with E-state index in [0.29, 0.717) is 23.4 Å². The monoisotopic (exact) mass is 601 g/mol. The second kappa shape index (κ2) is 12.8. The molecular formula is C31H40ClN11. The van der Waals surface area contributed by atoms with Gasteiger partial charge in [0.25, 0.3) is 0 Å². The minimum Gasteiger partial charge on any atom is -0.324 e. The van der Waals surface area contributed by atoms with Crippen LogP contribution in [0.4, 0.5) is 34.9 Å². The van der Waals surface area contributed by atoms with E-state index in [1.54, 1.807) is 18.5 Å². The summed E-state index contributed by atoms with van der Waals surface area (Å²) in [5.41, 5.74) is 6.96. The molecule has 0 amide bonds. The summed E-state index contributed by atoms with van der Waals surface area (Å²) in [5.74, 6) is 3.31. The van der Waals surface area contributed by atoms with Crippen molar-refractivity contribution in [2.75, 3.05) is 16.0 Å². The molecule has 0 saturated carbocycles. The highest BCUT2D eigenvalue weighted by Crippen LogP contribution is 2.25. The van der Waals surface area contributed by atoms with Crippen molar-refractivity contribution in [1.29, 1.82) is 0 Å². The predicted molar refractivity (Wildman–Crippen MR) is 174 cm³/mol. The van der Waals surface area contributed by atoms with E-state index < -0.39 is 0 Å². The Morgan fingerprint density at radius 2 is 1.12 bits per heavy atom. The molecule has 0 spiro atoms. The average molecular weight is 602 g/mol. The molecule has 0 radical (unpaired) electrons. The van der Waals surface area contributed by atoms with Gasteiger partial charge in [0.1, 0.15) is 11.6 Å². The van der Waals surface area contributed by atoms with Crippen LogP contribution in [0.2, 0.25) is 5.28 Å². The van der Waals surface area contributed by atoms with E-state index in [0.717, 1.165) is 22.9 Å². The number of benzene rings is 1. The van der Waals surface area contributed by atoms with Crippen molar-refractivity contribution in [2.24, 2.45) is 0 Å². The smallest absolute Gasteiger partial charge is 0.229 e. The molecule has 12 heteroatoms. The molecule has 4 aromatic heterocycles. The third kappa shape index (κ3) is 8.74. The van der Waals surface area contributed by atoms with Crippen molar-refractivity contribution < 1.29 is 0 Å². The zero-order valence-corrected chi connectivity index (χ0v) is 26.9. The first-order valence-electron chi connectivity index (χ1n) is 14.0. The molecule has 0 unspecified atom stereocenters. The quantitative estimate of drug-likeness (QED) is 0.123. The third-order valence-electron chi connectivity index (χ3n) is 6.75. The molecule has 43 heavy (non-hydrogen) atoms. The van der Waals surface area contributed by atoms with Crippen LogP contribution in [0, 0.1) is 20.8 Å². The zero-order chi connectivity index (χ0) is 31.4. The molecule has 0 aliphatic carbocycles. The van der Waals surface area contributed by atoms with Crippen molar-refractivity contribution in [3.05, 3.63) is 82.2 Å². The Morgan fingerprint density at radius 3 is 1.58 bits per heavy atom. The van der Waals surface area contributed by atoms with Gasteiger partial charge in [0, 0.05) is 52.4 Å². The molecule has 5 aromatic rings. The van der Waals surface area contributed by atoms with E-state index in [1.807, 2.05) is 18.2 Å². The summed E-state index contributed by atoms with van der Waals surface area (Å²) >= 11 is 5.70. The molecule has 0 aliphatic rings. The summed E-state index contributed by atoms with van der Waals surface area (Å²) in [4.78, 5) is 16.7. The van der Waals surface area contributed by atoms with Crippen LogP contribution >= 0.6 is 11.6 Å². The van der Waals surface area contributed by atoms with Gasteiger partial charge in [0.15, 0.2) is 11.6 Å². The van der Waals surface area contributed by atoms with Gasteiger partial charge in [-0.25, -0.2) is 15.0 Å². The lowest BCUT2D eigenvalue weighted by Crippen LogP contribution is -2.11. The molecule has 11 nitrogen and oxygen atoms in total. The van der Waals surface area contributed by atoms with Crippen LogP contribution in [0.15, 0.2) is 48.8 Å². The van der Waals surface area contributed by atoms with Crippen LogP contribution in [0.5, 0.6) is 0 Å². The Hall–Kier alpha value is -4.51. The van der Waals surface area contributed by atoms with Gasteiger partial charge in [0.2, 0.25) is 11.2 Å². The minimum absolute atomic E-state index is 0.0203. The predicted octanol–water partition coefficient (Wildman–Crippen LogP) is 7.80. The molecule has 5 N–H and O–H groups in total. The highest BCUT2D eigenvalue weighted by atomic mass is 35.5. The van der Waals surface area contributed by atoms with E-state index in [2.05, 4.69) is 131 Å². The number of H-pyrrole nitrogens is 2. The first-order valence-corrected chi connectivity index (χ1v) is 14.4. The topological polar surface area (TPSA) is 145 Å². The van der Waals surface area contributed by atoms with E-state index in [4.69, 9.17) is 11.6 Å². The maximum Gasteiger partial charge on any atom is 0.229 e. The number of nitrogens with one attached hydrogen (secondary N) is 5. The number of halogens is 1. The van der Waals surface area contributed by atoms with Crippen LogP contribution in [-0.4, -0.2) is 40.3 Å². The maximum absolute atomic E-state index is 5.70. The van der Waals surface area contributed by atoms with Crippen LogP contribution in [0.1, 0.15) is 69.6 Å². The third-order valence-corrected chi connectivity index (χ3v) is 6.93. The first-order chi connectivity index (χ1) is 20.2. The fraction of sp³-hybridized carbons (Fsp3) is 0.355. The molecule has 0 bridgehead atoms. The Labute approximate surface area is 257 Å². The number of hydrogen-bond acceptors (Lipinski definition) is 9. The fourth-order valence-corrected chi connectivity index (χ4v) is 4.08. The van der Waals surface area contributed by atoms with Crippen molar-refractivity contribution >= 4 is 46.5 Å². The second-order valence-corrected chi connectivity index (χ2v) is 12.8. The van der Waals surface area contributed by atoms with Gasteiger partial charge < -0.3 is 16.0 Å². The van der Waals surface area contributed by atoms with E-state index in [-0.39, 0.29) is 16.1 Å². The number of rotatable bonds is 6. The average Bonchev–Trinajstić information content (AvgIpc) is 3.58. The van der Waals surface area contributed by atoms with Crippen LogP contribution in [0.3, 0.4) is 0 Å². The number of aromatic nitrogens is 8. The van der Waals surface area contributed by atoms with E-state index in [9.17, 15) is 0 Å². The Bertz CT molecular complexity index is 1650. The fourth-order valence-electron chi connectivity index (χ4n) is 3.93. The molecular weight excluding hydrogens is 562 g/mol. The normalized spacial score (nSPS) is 11.5. The van der Waals surface area contributed by atoms with Crippen molar-refractivity contribution in [3.63, 3.8) is 0 Å². The lowest BCUT2D eigenvalue weighted by atomic mass is 9.92. The van der Waals surface area contributed by atoms with Gasteiger partial charge in [-0.3, -0.25) is 10.2 Å². The van der Waals surface area contributed by atoms with Crippen LogP contribution in [0.25, 0.3) is 0 Å². The molecule has 0 atom stereocenters. The van der Waals surface area contributed by atoms with Gasteiger partial charge in [0.05, 0.1) is 0 Å². The van der Waals surface area contributed by atoms with Crippen molar-refractivity contribution in [3.8, 4) is 0 Å². The largest absolute Gasteiger partial charge is 0.324 e. The summed E-state index contributed by atoms with van der Waals surface area (Å²) in [6.45, 7) is 19.1. The summed E-state index contributed by atoms with van der Waals surface area (Å²) in [6.07, 6.45) is 3.32. The van der Waals surface area contributed by atoms with E-state index in [1.165, 1.54) is 16.7 Å². The van der Waals surface area contributed by atoms with Gasteiger partial charge in [-0.15, -0.1) is 0 Å². The summed E-state index contributed by atoms with van der Waals surface area (Å²) in [5, 5.41) is 24.3. The van der Waals surface area contributed by atoms with E-state index >= 15 is 0 Å². The Balaban J connectivity index is 0.000000215. The Kier molecular flexibility index (Phi) is 9.34. The van der Waals surface area contributed by atoms with Crippen LogP contribution < -0.4 is 16.0 Å². The van der Waals surface area contributed by atoms with Crippen LogP contribution in [-0.2, 0) is 10.8 Å². The first kappa shape index (κ1) is 31.4. The molecule has 0 fully saturated rings. The van der Waals surface area contributed by atoms with Crippen molar-refractivity contribution in [2.45, 2.75) is 73.1 Å². The second-order valence-electron chi connectivity index (χ2n) is 12.4. The molecule has 0 aliphatic heterocycles. The zero-order valence-electron chi connectivity index (χ0n) is 26.2. The standard InChI is InChI=1S/C20H26N6.C11H14ClN5/c1-12-9-15(10-13(2)14(12)3)22-19-21-8-7-17(24-19)23-18-11-16(25-26-18)20(4,5)6;1-11(2,3)7-6-9(17-16-7)14-8-4-5-13-10(12)15-8/h7-11H,1-6H3,(H3,21,22,23,24,25,26);4-6H,1-3H3,(H2,13,14,15,16,17). The highest BCUT2D eigenvalue weighted by molar-refractivity contribution is 6.28. The molecule has 0 saturated heterocycles. The lowest BCUT2D eigenvalue weighted by Gasteiger charge is -2.14. The van der Waals surface area contributed by atoms with Gasteiger partial charge in [-0.1, -0.05) is 41.5 Å². The number of nitrogens with zero attached hydrogens (tertiary/aromatic N) is 6. The number of hydrogen-bond donors (Lipinski definition) is 5. The molecule has 5 rings (SSSR count). The number of aromatic amines is 2. The Morgan fingerprint density at radius 1 is 0.628 bits per heavy atom. The summed E-state index contributed by atoms with van der Waals surface area (Å²) in [6, 6.07) is 11.7. The minimum atomic E-state index is 0.0203. The number of anilines is 6. The molecule has 226 valence electrons. The maximum atomic E-state index is 5.70. The van der Waals surface area contributed by atoms with Gasteiger partial charge in [-0.2, -0.15) is 15.2 Å². The summed E-state index contributed by atoms with van der Waals surface area (Å²) in [7, 11) is 0. The molecule has 1 aromatic carbocycles. The summed E-state index contributed by atoms with van der Waals surface area (Å²) < 4.78 is 0. The highest BCUT2D eigenvalue weighted by Gasteiger charge is 2.18. The molecule has 4 heterocycles. The SMILES string of the molecule is CC(C)(C)c1cc(Nc2ccnc(Cl)n2)n[nH]1.Cc1cc(Nc2nccc(Nc3cc(C(C)(C)C)[nH]n3)n2)cc(C)c1C. The van der Waals surface area contributed by atoms with Crippen molar-refractivity contribution in [1.82, 2.24) is 40.3 Å². The number of aryl methyl sites for hydroxylation is 2. The van der Waals surface area contributed by atoms with Gasteiger partial charge in [-0.05, 0) is 73.3 Å².